The Morgan fingerprint density at radius 1 is 1.03 bits per heavy atom. The molecule has 0 saturated carbocycles. The molecule has 0 radical (unpaired) electrons. The minimum atomic E-state index is -0.194. The molecule has 0 spiro atoms. The second-order valence-corrected chi connectivity index (χ2v) is 8.09. The molecule has 0 bridgehead atoms. The van der Waals surface area contributed by atoms with Gasteiger partial charge in [-0.05, 0) is 49.2 Å². The first-order valence-electron chi connectivity index (χ1n) is 10.9. The molecule has 0 saturated heterocycles. The predicted octanol–water partition coefficient (Wildman–Crippen LogP) is 5.15. The normalized spacial score (nSPS) is 11.8. The van der Waals surface area contributed by atoms with E-state index in [4.69, 9.17) is 4.98 Å². The minimum Gasteiger partial charge on any atom is -0.362 e. The third kappa shape index (κ3) is 4.47. The Kier molecular flexibility index (Phi) is 5.70. The van der Waals surface area contributed by atoms with E-state index in [0.29, 0.717) is 22.7 Å². The van der Waals surface area contributed by atoms with Crippen molar-refractivity contribution >= 4 is 28.6 Å². The van der Waals surface area contributed by atoms with Gasteiger partial charge in [-0.25, -0.2) is 9.97 Å². The predicted molar refractivity (Wildman–Crippen MR) is 133 cm³/mol. The smallest absolute Gasteiger partial charge is 0.257 e. The first-order valence-corrected chi connectivity index (χ1v) is 10.9. The van der Waals surface area contributed by atoms with E-state index in [1.807, 2.05) is 62.5 Å². The van der Waals surface area contributed by atoms with Gasteiger partial charge in [-0.3, -0.25) is 14.8 Å². The molecule has 0 aliphatic carbocycles. The number of rotatable bonds is 6. The maximum absolute atomic E-state index is 12.6. The third-order valence-corrected chi connectivity index (χ3v) is 5.50. The van der Waals surface area contributed by atoms with E-state index in [2.05, 4.69) is 30.6 Å². The molecule has 8 heteroatoms. The summed E-state index contributed by atoms with van der Waals surface area (Å²) in [6.45, 7) is 3.95. The van der Waals surface area contributed by atoms with E-state index in [0.717, 1.165) is 27.8 Å². The van der Waals surface area contributed by atoms with Crippen molar-refractivity contribution in [1.82, 2.24) is 24.9 Å². The lowest BCUT2D eigenvalue weighted by molar-refractivity contribution is 0.102. The molecule has 4 heterocycles. The summed E-state index contributed by atoms with van der Waals surface area (Å²) in [5.41, 5.74) is 6.59. The van der Waals surface area contributed by atoms with Crippen molar-refractivity contribution < 1.29 is 4.79 Å². The molecule has 5 rings (SSSR count). The molecule has 1 atom stereocenters. The number of pyridine rings is 2. The molecule has 0 aliphatic rings. The highest BCUT2D eigenvalue weighted by Crippen LogP contribution is 2.27. The summed E-state index contributed by atoms with van der Waals surface area (Å²) < 4.78 is 0. The van der Waals surface area contributed by atoms with Crippen LogP contribution < -0.4 is 10.6 Å². The van der Waals surface area contributed by atoms with Gasteiger partial charge in [0.1, 0.15) is 11.3 Å². The monoisotopic (exact) mass is 449 g/mol. The summed E-state index contributed by atoms with van der Waals surface area (Å²) in [4.78, 5) is 33.3. The Bertz CT molecular complexity index is 1460. The van der Waals surface area contributed by atoms with E-state index < -0.39 is 0 Å². The number of nitrogens with one attached hydrogen (secondary N) is 3. The number of fused-ring (bicyclic) bond motifs is 1. The zero-order valence-corrected chi connectivity index (χ0v) is 18.8. The lowest BCUT2D eigenvalue weighted by Gasteiger charge is -2.16. The standard InChI is InChI=1S/C26H23N7O/c1-16-9-20(13-28-11-16)26(34)32-21-7-3-5-18(10-21)17(2)31-23-15-30-25-24(33-23)22(14-29-25)19-6-4-8-27-12-19/h3-15,17H,1-2H3,(H,29,30)(H,31,33)(H,32,34)/t17-/m0/s1. The fourth-order valence-corrected chi connectivity index (χ4v) is 3.78. The lowest BCUT2D eigenvalue weighted by Crippen LogP contribution is -2.13. The molecule has 0 fully saturated rings. The van der Waals surface area contributed by atoms with Gasteiger partial charge in [-0.2, -0.15) is 0 Å². The molecular weight excluding hydrogens is 426 g/mol. The molecule has 168 valence electrons. The van der Waals surface area contributed by atoms with Crippen molar-refractivity contribution in [2.24, 2.45) is 0 Å². The van der Waals surface area contributed by atoms with Crippen LogP contribution in [0.5, 0.6) is 0 Å². The van der Waals surface area contributed by atoms with E-state index in [1.165, 1.54) is 0 Å². The van der Waals surface area contributed by atoms with Gasteiger partial charge in [-0.1, -0.05) is 18.2 Å². The highest BCUT2D eigenvalue weighted by molar-refractivity contribution is 6.04. The van der Waals surface area contributed by atoms with Crippen LogP contribution in [-0.4, -0.2) is 30.8 Å². The molecular formula is C26H23N7O. The topological polar surface area (TPSA) is 108 Å². The van der Waals surface area contributed by atoms with Crippen LogP contribution in [0, 0.1) is 6.92 Å². The quantitative estimate of drug-likeness (QED) is 0.331. The Hall–Kier alpha value is -4.59. The maximum atomic E-state index is 12.6. The molecule has 8 nitrogen and oxygen atoms in total. The molecule has 5 aromatic rings. The summed E-state index contributed by atoms with van der Waals surface area (Å²) in [5.74, 6) is 0.464. The number of aromatic amines is 1. The molecule has 0 unspecified atom stereocenters. The van der Waals surface area contributed by atoms with Gasteiger partial charge < -0.3 is 15.6 Å². The number of amides is 1. The molecule has 34 heavy (non-hydrogen) atoms. The van der Waals surface area contributed by atoms with Crippen LogP contribution in [0.1, 0.15) is 34.5 Å². The van der Waals surface area contributed by atoms with Crippen LogP contribution in [0.25, 0.3) is 22.3 Å². The van der Waals surface area contributed by atoms with Crippen LogP contribution in [0.2, 0.25) is 0 Å². The highest BCUT2D eigenvalue weighted by atomic mass is 16.1. The van der Waals surface area contributed by atoms with Crippen LogP contribution in [0.4, 0.5) is 11.5 Å². The largest absolute Gasteiger partial charge is 0.362 e. The Morgan fingerprint density at radius 3 is 2.76 bits per heavy atom. The molecule has 1 aromatic carbocycles. The summed E-state index contributed by atoms with van der Waals surface area (Å²) in [7, 11) is 0. The first-order chi connectivity index (χ1) is 16.6. The number of H-pyrrole nitrogens is 1. The van der Waals surface area contributed by atoms with Gasteiger partial charge in [0.2, 0.25) is 0 Å². The number of aryl methyl sites for hydroxylation is 1. The number of hydrogen-bond acceptors (Lipinski definition) is 6. The van der Waals surface area contributed by atoms with Crippen LogP contribution in [0.15, 0.2) is 79.6 Å². The van der Waals surface area contributed by atoms with Gasteiger partial charge in [0, 0.05) is 47.8 Å². The van der Waals surface area contributed by atoms with E-state index >= 15 is 0 Å². The SMILES string of the molecule is Cc1cncc(C(=O)Nc2cccc([C@H](C)Nc3cnc4[nH]cc(-c5cccnc5)c4n3)c2)c1. The summed E-state index contributed by atoms with van der Waals surface area (Å²) in [5, 5.41) is 6.36. The number of carbonyl (C=O) groups excluding carboxylic acids is 1. The summed E-state index contributed by atoms with van der Waals surface area (Å²) >= 11 is 0. The molecule has 0 aliphatic heterocycles. The number of hydrogen-bond donors (Lipinski definition) is 3. The maximum Gasteiger partial charge on any atom is 0.257 e. The van der Waals surface area contributed by atoms with Gasteiger partial charge in [0.05, 0.1) is 17.8 Å². The van der Waals surface area contributed by atoms with Crippen LogP contribution >= 0.6 is 0 Å². The lowest BCUT2D eigenvalue weighted by atomic mass is 10.1. The zero-order valence-electron chi connectivity index (χ0n) is 18.8. The van der Waals surface area contributed by atoms with Crippen molar-refractivity contribution in [3.8, 4) is 11.1 Å². The van der Waals surface area contributed by atoms with Crippen LogP contribution in [-0.2, 0) is 0 Å². The van der Waals surface area contributed by atoms with Crippen molar-refractivity contribution in [2.45, 2.75) is 19.9 Å². The number of carbonyl (C=O) groups is 1. The Morgan fingerprint density at radius 2 is 1.94 bits per heavy atom. The second-order valence-electron chi connectivity index (χ2n) is 8.09. The summed E-state index contributed by atoms with van der Waals surface area (Å²) in [6.07, 6.45) is 10.4. The Labute approximate surface area is 196 Å². The average molecular weight is 450 g/mol. The van der Waals surface area contributed by atoms with Crippen molar-refractivity contribution in [2.75, 3.05) is 10.6 Å². The number of benzene rings is 1. The second kappa shape index (κ2) is 9.11. The first kappa shape index (κ1) is 21.3. The third-order valence-electron chi connectivity index (χ3n) is 5.50. The van der Waals surface area contributed by atoms with Crippen molar-refractivity contribution in [3.63, 3.8) is 0 Å². The van der Waals surface area contributed by atoms with Gasteiger partial charge >= 0.3 is 0 Å². The van der Waals surface area contributed by atoms with Gasteiger partial charge in [0.25, 0.3) is 5.91 Å². The summed E-state index contributed by atoms with van der Waals surface area (Å²) in [6, 6.07) is 13.4. The number of anilines is 2. The van der Waals surface area contributed by atoms with Gasteiger partial charge in [0.15, 0.2) is 5.65 Å². The van der Waals surface area contributed by atoms with Crippen molar-refractivity contribution in [1.29, 1.82) is 0 Å². The van der Waals surface area contributed by atoms with E-state index in [1.54, 1.807) is 31.0 Å². The minimum absolute atomic E-state index is 0.0648. The van der Waals surface area contributed by atoms with Crippen molar-refractivity contribution in [3.05, 3.63) is 96.3 Å². The fourth-order valence-electron chi connectivity index (χ4n) is 3.78. The number of nitrogens with zero attached hydrogens (tertiary/aromatic N) is 4. The molecule has 1 amide bonds. The molecule has 3 N–H and O–H groups in total. The zero-order chi connectivity index (χ0) is 23.5. The van der Waals surface area contributed by atoms with E-state index in [-0.39, 0.29) is 11.9 Å². The average Bonchev–Trinajstić information content (AvgIpc) is 3.28. The fraction of sp³-hybridized carbons (Fsp3) is 0.115. The van der Waals surface area contributed by atoms with Crippen LogP contribution in [0.3, 0.4) is 0 Å². The van der Waals surface area contributed by atoms with E-state index in [9.17, 15) is 4.79 Å². The number of aromatic nitrogens is 5. The highest BCUT2D eigenvalue weighted by Gasteiger charge is 2.13. The van der Waals surface area contributed by atoms with Gasteiger partial charge in [-0.15, -0.1) is 0 Å². The Balaban J connectivity index is 1.34. The molecule has 4 aromatic heterocycles.